The second-order valence-corrected chi connectivity index (χ2v) is 8.59. The molecule has 0 saturated heterocycles. The minimum absolute atomic E-state index is 0.138. The summed E-state index contributed by atoms with van der Waals surface area (Å²) in [6.45, 7) is 5.47. The lowest BCUT2D eigenvalue weighted by atomic mass is 10.2. The van der Waals surface area contributed by atoms with Crippen LogP contribution in [0.3, 0.4) is 0 Å². The summed E-state index contributed by atoms with van der Waals surface area (Å²) < 4.78 is 36.7. The Bertz CT molecular complexity index is 913. The van der Waals surface area contributed by atoms with Gasteiger partial charge in [-0.3, -0.25) is 9.10 Å². The molecule has 0 bridgehead atoms. The molecule has 0 saturated carbocycles. The molecule has 0 fully saturated rings. The number of benzene rings is 2. The summed E-state index contributed by atoms with van der Waals surface area (Å²) in [5.41, 5.74) is 1.45. The molecule has 0 aliphatic carbocycles. The molecule has 0 heterocycles. The topological polar surface area (TPSA) is 84.9 Å². The van der Waals surface area contributed by atoms with Gasteiger partial charge in [0.2, 0.25) is 15.9 Å². The fraction of sp³-hybridized carbons (Fsp3) is 0.409. The predicted octanol–water partition coefficient (Wildman–Crippen LogP) is 3.35. The molecule has 8 heteroatoms. The lowest BCUT2D eigenvalue weighted by Crippen LogP contribution is -2.32. The van der Waals surface area contributed by atoms with E-state index in [-0.39, 0.29) is 18.9 Å². The first kappa shape index (κ1) is 23.5. The van der Waals surface area contributed by atoms with Crippen molar-refractivity contribution in [2.75, 3.05) is 30.3 Å². The van der Waals surface area contributed by atoms with Crippen molar-refractivity contribution in [1.29, 1.82) is 0 Å². The smallest absolute Gasteiger partial charge is 0.232 e. The molecule has 0 unspecified atom stereocenters. The lowest BCUT2D eigenvalue weighted by molar-refractivity contribution is -0.121. The van der Waals surface area contributed by atoms with E-state index in [1.807, 2.05) is 38.1 Å². The van der Waals surface area contributed by atoms with Crippen LogP contribution in [0.4, 0.5) is 5.69 Å². The normalized spacial score (nSPS) is 11.0. The summed E-state index contributed by atoms with van der Waals surface area (Å²) in [6, 6.07) is 14.4. The Labute approximate surface area is 179 Å². The predicted molar refractivity (Wildman–Crippen MR) is 118 cm³/mol. The average molecular weight is 435 g/mol. The van der Waals surface area contributed by atoms with Gasteiger partial charge in [-0.1, -0.05) is 18.2 Å². The first-order valence-electron chi connectivity index (χ1n) is 10.0. The maximum absolute atomic E-state index is 12.2. The number of para-hydroxylation sites is 1. The van der Waals surface area contributed by atoms with Crippen LogP contribution < -0.4 is 19.1 Å². The molecule has 2 aromatic rings. The molecule has 1 N–H and O–H groups in total. The van der Waals surface area contributed by atoms with Crippen molar-refractivity contribution in [3.05, 3.63) is 54.1 Å². The Kier molecular flexibility index (Phi) is 8.98. The van der Waals surface area contributed by atoms with Gasteiger partial charge in [-0.25, -0.2) is 8.42 Å². The van der Waals surface area contributed by atoms with Crippen molar-refractivity contribution >= 4 is 21.6 Å². The van der Waals surface area contributed by atoms with E-state index in [4.69, 9.17) is 9.47 Å². The maximum atomic E-state index is 12.2. The van der Waals surface area contributed by atoms with Gasteiger partial charge in [-0.05, 0) is 50.6 Å². The fourth-order valence-corrected chi connectivity index (χ4v) is 3.94. The van der Waals surface area contributed by atoms with Gasteiger partial charge in [-0.15, -0.1) is 0 Å². The number of nitrogens with zero attached hydrogens (tertiary/aromatic N) is 1. The SMILES string of the molecule is CCOc1ccc(N(CCCC(=O)NCc2ccccc2OCC)S(C)(=O)=O)cc1. The summed E-state index contributed by atoms with van der Waals surface area (Å²) in [4.78, 5) is 12.2. The number of nitrogens with one attached hydrogen (secondary N) is 1. The highest BCUT2D eigenvalue weighted by Crippen LogP contribution is 2.22. The first-order valence-corrected chi connectivity index (χ1v) is 11.9. The van der Waals surface area contributed by atoms with Gasteiger partial charge in [-0.2, -0.15) is 0 Å². The van der Waals surface area contributed by atoms with Crippen LogP contribution in [-0.4, -0.2) is 40.3 Å². The molecule has 2 aromatic carbocycles. The third-order valence-electron chi connectivity index (χ3n) is 4.35. The molecule has 0 radical (unpaired) electrons. The summed E-state index contributed by atoms with van der Waals surface area (Å²) >= 11 is 0. The van der Waals surface area contributed by atoms with Crippen molar-refractivity contribution < 1.29 is 22.7 Å². The lowest BCUT2D eigenvalue weighted by Gasteiger charge is -2.22. The molecule has 7 nitrogen and oxygen atoms in total. The van der Waals surface area contributed by atoms with E-state index in [0.29, 0.717) is 37.6 Å². The van der Waals surface area contributed by atoms with Crippen LogP contribution in [0.15, 0.2) is 48.5 Å². The van der Waals surface area contributed by atoms with Crippen molar-refractivity contribution in [1.82, 2.24) is 5.32 Å². The largest absolute Gasteiger partial charge is 0.494 e. The van der Waals surface area contributed by atoms with E-state index in [1.54, 1.807) is 24.3 Å². The van der Waals surface area contributed by atoms with E-state index >= 15 is 0 Å². The Balaban J connectivity index is 1.90. The second kappa shape index (κ2) is 11.4. The van der Waals surface area contributed by atoms with Gasteiger partial charge in [0, 0.05) is 25.1 Å². The summed E-state index contributed by atoms with van der Waals surface area (Å²) in [5.74, 6) is 1.29. The number of carbonyl (C=O) groups excluding carboxylic acids is 1. The number of rotatable bonds is 12. The van der Waals surface area contributed by atoms with E-state index in [2.05, 4.69) is 5.32 Å². The van der Waals surface area contributed by atoms with Gasteiger partial charge in [0.1, 0.15) is 11.5 Å². The molecule has 0 atom stereocenters. The maximum Gasteiger partial charge on any atom is 0.232 e. The minimum atomic E-state index is -3.46. The molecule has 0 aliphatic heterocycles. The van der Waals surface area contributed by atoms with Crippen molar-refractivity contribution in [2.24, 2.45) is 0 Å². The van der Waals surface area contributed by atoms with E-state index in [9.17, 15) is 13.2 Å². The first-order chi connectivity index (χ1) is 14.3. The van der Waals surface area contributed by atoms with E-state index in [0.717, 1.165) is 17.6 Å². The molecule has 2 rings (SSSR count). The van der Waals surface area contributed by atoms with Crippen LogP contribution in [0, 0.1) is 0 Å². The molecule has 0 aromatic heterocycles. The molecular weight excluding hydrogens is 404 g/mol. The van der Waals surface area contributed by atoms with Crippen molar-refractivity contribution in [2.45, 2.75) is 33.2 Å². The van der Waals surface area contributed by atoms with Crippen LogP contribution in [0.1, 0.15) is 32.3 Å². The van der Waals surface area contributed by atoms with Gasteiger partial charge >= 0.3 is 0 Å². The van der Waals surface area contributed by atoms with Crippen molar-refractivity contribution in [3.8, 4) is 11.5 Å². The fourth-order valence-electron chi connectivity index (χ4n) is 2.97. The zero-order valence-corrected chi connectivity index (χ0v) is 18.6. The van der Waals surface area contributed by atoms with Crippen LogP contribution >= 0.6 is 0 Å². The molecule has 1 amide bonds. The highest BCUT2D eigenvalue weighted by molar-refractivity contribution is 7.92. The van der Waals surface area contributed by atoms with Crippen molar-refractivity contribution in [3.63, 3.8) is 0 Å². The minimum Gasteiger partial charge on any atom is -0.494 e. The number of carbonyl (C=O) groups is 1. The number of hydrogen-bond donors (Lipinski definition) is 1. The molecule has 164 valence electrons. The molecule has 30 heavy (non-hydrogen) atoms. The quantitative estimate of drug-likeness (QED) is 0.554. The zero-order valence-electron chi connectivity index (χ0n) is 17.8. The van der Waals surface area contributed by atoms with Crippen LogP contribution in [-0.2, 0) is 21.4 Å². The van der Waals surface area contributed by atoms with Crippen LogP contribution in [0.25, 0.3) is 0 Å². The summed E-state index contributed by atoms with van der Waals surface area (Å²) in [5, 5.41) is 2.87. The number of anilines is 1. The Hall–Kier alpha value is -2.74. The van der Waals surface area contributed by atoms with Gasteiger partial charge in [0.05, 0.1) is 25.2 Å². The monoisotopic (exact) mass is 434 g/mol. The Morgan fingerprint density at radius 1 is 1.00 bits per heavy atom. The van der Waals surface area contributed by atoms with E-state index < -0.39 is 10.0 Å². The highest BCUT2D eigenvalue weighted by atomic mass is 32.2. The van der Waals surface area contributed by atoms with Crippen LogP contribution in [0.5, 0.6) is 11.5 Å². The average Bonchev–Trinajstić information content (AvgIpc) is 2.71. The summed E-state index contributed by atoms with van der Waals surface area (Å²) in [7, 11) is -3.46. The highest BCUT2D eigenvalue weighted by Gasteiger charge is 2.17. The number of sulfonamides is 1. The van der Waals surface area contributed by atoms with Gasteiger partial charge in [0.15, 0.2) is 0 Å². The molecule has 0 spiro atoms. The second-order valence-electron chi connectivity index (χ2n) is 6.68. The third-order valence-corrected chi connectivity index (χ3v) is 5.54. The Morgan fingerprint density at radius 3 is 2.30 bits per heavy atom. The zero-order chi connectivity index (χ0) is 22.0. The standard InChI is InChI=1S/C22H30N2O5S/c1-4-28-20-14-12-19(13-15-20)24(30(3,26)27)16-8-11-22(25)23-17-18-9-6-7-10-21(18)29-5-2/h6-7,9-10,12-15H,4-5,8,11,16-17H2,1-3H3,(H,23,25). The summed E-state index contributed by atoms with van der Waals surface area (Å²) in [6.07, 6.45) is 1.78. The van der Waals surface area contributed by atoms with Crippen LogP contribution in [0.2, 0.25) is 0 Å². The Morgan fingerprint density at radius 2 is 1.67 bits per heavy atom. The van der Waals surface area contributed by atoms with Gasteiger partial charge in [0.25, 0.3) is 0 Å². The van der Waals surface area contributed by atoms with E-state index in [1.165, 1.54) is 4.31 Å². The number of ether oxygens (including phenoxy) is 2. The van der Waals surface area contributed by atoms with Gasteiger partial charge < -0.3 is 14.8 Å². The third kappa shape index (κ3) is 7.26. The number of amides is 1. The molecular formula is C22H30N2O5S. The molecule has 0 aliphatic rings. The number of hydrogen-bond acceptors (Lipinski definition) is 5.